The molecule has 0 saturated heterocycles. The van der Waals surface area contributed by atoms with E-state index >= 15 is 0 Å². The van der Waals surface area contributed by atoms with Gasteiger partial charge in [0.2, 0.25) is 0 Å². The number of ether oxygens (including phenoxy) is 2. The smallest absolute Gasteiger partial charge is 0.264 e. The van der Waals surface area contributed by atoms with Gasteiger partial charge in [0.25, 0.3) is 15.9 Å². The summed E-state index contributed by atoms with van der Waals surface area (Å²) in [5.74, 6) is 1.03. The lowest BCUT2D eigenvalue weighted by Crippen LogP contribution is -2.51. The van der Waals surface area contributed by atoms with Crippen molar-refractivity contribution in [2.24, 2.45) is 0 Å². The fourth-order valence-electron chi connectivity index (χ4n) is 4.60. The zero-order valence-corrected chi connectivity index (χ0v) is 22.9. The number of methoxy groups -OCH3 is 1. The molecule has 0 fully saturated rings. The average molecular weight is 523 g/mol. The Labute approximate surface area is 219 Å². The average Bonchev–Trinajstić information content (AvgIpc) is 2.87. The second-order valence-electron chi connectivity index (χ2n) is 9.76. The molecule has 37 heavy (non-hydrogen) atoms. The molecule has 8 heteroatoms. The van der Waals surface area contributed by atoms with Crippen LogP contribution in [0.4, 0.5) is 5.69 Å². The molecule has 3 aromatic rings. The van der Waals surface area contributed by atoms with E-state index in [9.17, 15) is 13.2 Å². The van der Waals surface area contributed by atoms with Crippen LogP contribution in [0.3, 0.4) is 0 Å². The standard InChI is InChI=1S/C29H34N2O5S/c1-18(2)23-16-24(20(4)15-27(23)35-6)21(5)30-29(32)28-17-31(25-9-7-8-10-26(25)36-28)37(33,34)22-13-11-19(3)12-14-22/h7-16,18,21,28H,17H2,1-6H3,(H,30,32)/t21-,28-/m0/s1. The molecular weight excluding hydrogens is 488 g/mol. The Kier molecular flexibility index (Phi) is 7.50. The Morgan fingerprint density at radius 3 is 2.35 bits per heavy atom. The van der Waals surface area contributed by atoms with Crippen LogP contribution >= 0.6 is 0 Å². The molecule has 0 radical (unpaired) electrons. The summed E-state index contributed by atoms with van der Waals surface area (Å²) < 4.78 is 40.0. The first-order chi connectivity index (χ1) is 17.5. The number of nitrogens with zero attached hydrogens (tertiary/aromatic N) is 1. The molecule has 0 bridgehead atoms. The van der Waals surface area contributed by atoms with Gasteiger partial charge in [-0.05, 0) is 79.8 Å². The Balaban J connectivity index is 1.62. The number of amides is 1. The lowest BCUT2D eigenvalue weighted by atomic mass is 9.93. The Morgan fingerprint density at radius 1 is 1.03 bits per heavy atom. The van der Waals surface area contributed by atoms with Gasteiger partial charge in [0, 0.05) is 0 Å². The van der Waals surface area contributed by atoms with Crippen molar-refractivity contribution in [2.45, 2.75) is 57.6 Å². The van der Waals surface area contributed by atoms with Crippen LogP contribution in [0.5, 0.6) is 11.5 Å². The largest absolute Gasteiger partial charge is 0.496 e. The minimum atomic E-state index is -3.91. The summed E-state index contributed by atoms with van der Waals surface area (Å²) in [5.41, 5.74) is 4.39. The number of anilines is 1. The van der Waals surface area contributed by atoms with E-state index in [4.69, 9.17) is 9.47 Å². The Hall–Kier alpha value is -3.52. The molecule has 3 aromatic carbocycles. The highest BCUT2D eigenvalue weighted by molar-refractivity contribution is 7.92. The molecule has 0 spiro atoms. The SMILES string of the molecule is COc1cc(C)c([C@H](C)NC(=O)[C@@H]2CN(S(=O)(=O)c3ccc(C)cc3)c3ccccc3O2)cc1C(C)C. The molecule has 196 valence electrons. The molecule has 0 aromatic heterocycles. The van der Waals surface area contributed by atoms with Crippen LogP contribution in [0.1, 0.15) is 55.0 Å². The first kappa shape index (κ1) is 26.5. The maximum Gasteiger partial charge on any atom is 0.264 e. The van der Waals surface area contributed by atoms with Crippen molar-refractivity contribution in [3.63, 3.8) is 0 Å². The van der Waals surface area contributed by atoms with Gasteiger partial charge in [-0.1, -0.05) is 43.7 Å². The fraction of sp³-hybridized carbons (Fsp3) is 0.345. The topological polar surface area (TPSA) is 84.9 Å². The van der Waals surface area contributed by atoms with E-state index in [1.54, 1.807) is 55.6 Å². The predicted molar refractivity (Wildman–Crippen MR) is 145 cm³/mol. The summed E-state index contributed by atoms with van der Waals surface area (Å²) in [6, 6.07) is 17.3. The van der Waals surface area contributed by atoms with E-state index in [0.29, 0.717) is 11.4 Å². The van der Waals surface area contributed by atoms with Crippen molar-refractivity contribution in [3.8, 4) is 11.5 Å². The van der Waals surface area contributed by atoms with Crippen LogP contribution in [0.25, 0.3) is 0 Å². The summed E-state index contributed by atoms with van der Waals surface area (Å²) in [4.78, 5) is 13.6. The second-order valence-corrected chi connectivity index (χ2v) is 11.6. The molecule has 1 heterocycles. The quantitative estimate of drug-likeness (QED) is 0.457. The van der Waals surface area contributed by atoms with Crippen molar-refractivity contribution >= 4 is 21.6 Å². The summed E-state index contributed by atoms with van der Waals surface area (Å²) in [6.45, 7) is 9.84. The van der Waals surface area contributed by atoms with Crippen molar-refractivity contribution in [1.29, 1.82) is 0 Å². The normalized spacial score (nSPS) is 16.1. The van der Waals surface area contributed by atoms with Crippen LogP contribution in [0, 0.1) is 13.8 Å². The molecule has 4 rings (SSSR count). The number of hydrogen-bond donors (Lipinski definition) is 1. The lowest BCUT2D eigenvalue weighted by molar-refractivity contribution is -0.128. The third kappa shape index (κ3) is 5.30. The molecule has 1 N–H and O–H groups in total. The van der Waals surface area contributed by atoms with Gasteiger partial charge in [-0.2, -0.15) is 0 Å². The van der Waals surface area contributed by atoms with Crippen molar-refractivity contribution < 1.29 is 22.7 Å². The third-order valence-corrected chi connectivity index (χ3v) is 8.50. The summed E-state index contributed by atoms with van der Waals surface area (Å²) in [7, 11) is -2.26. The van der Waals surface area contributed by atoms with Gasteiger partial charge in [0.15, 0.2) is 6.10 Å². The zero-order valence-electron chi connectivity index (χ0n) is 22.1. The first-order valence-electron chi connectivity index (χ1n) is 12.4. The summed E-state index contributed by atoms with van der Waals surface area (Å²) in [5, 5.41) is 3.03. The van der Waals surface area contributed by atoms with E-state index in [1.807, 2.05) is 26.8 Å². The number of carbonyl (C=O) groups excluding carboxylic acids is 1. The fourth-order valence-corrected chi connectivity index (χ4v) is 6.07. The molecule has 0 saturated carbocycles. The van der Waals surface area contributed by atoms with Crippen molar-refractivity contribution in [3.05, 3.63) is 82.9 Å². The summed E-state index contributed by atoms with van der Waals surface area (Å²) in [6.07, 6.45) is -1.01. The van der Waals surface area contributed by atoms with Crippen molar-refractivity contribution in [2.75, 3.05) is 18.0 Å². The molecule has 1 amide bonds. The number of benzene rings is 3. The Bertz CT molecular complexity index is 1400. The maximum absolute atomic E-state index is 13.6. The van der Waals surface area contributed by atoms with E-state index in [2.05, 4.69) is 25.2 Å². The van der Waals surface area contributed by atoms with Gasteiger partial charge in [-0.15, -0.1) is 0 Å². The first-order valence-corrected chi connectivity index (χ1v) is 13.8. The molecular formula is C29H34N2O5S. The maximum atomic E-state index is 13.6. The highest BCUT2D eigenvalue weighted by Crippen LogP contribution is 2.37. The second kappa shape index (κ2) is 10.5. The lowest BCUT2D eigenvalue weighted by Gasteiger charge is -2.35. The molecule has 1 aliphatic heterocycles. The van der Waals surface area contributed by atoms with E-state index in [0.717, 1.165) is 28.0 Å². The number of nitrogens with one attached hydrogen (secondary N) is 1. The van der Waals surface area contributed by atoms with Crippen LogP contribution in [0.15, 0.2) is 65.6 Å². The van der Waals surface area contributed by atoms with Gasteiger partial charge in [0.05, 0.1) is 30.3 Å². The van der Waals surface area contributed by atoms with Gasteiger partial charge in [-0.25, -0.2) is 8.42 Å². The molecule has 7 nitrogen and oxygen atoms in total. The van der Waals surface area contributed by atoms with E-state index in [1.165, 1.54) is 4.31 Å². The number of rotatable bonds is 7. The number of hydrogen-bond acceptors (Lipinski definition) is 5. The van der Waals surface area contributed by atoms with Gasteiger partial charge in [-0.3, -0.25) is 9.10 Å². The number of para-hydroxylation sites is 2. The highest BCUT2D eigenvalue weighted by Gasteiger charge is 2.38. The minimum absolute atomic E-state index is 0.134. The number of sulfonamides is 1. The number of aryl methyl sites for hydroxylation is 2. The van der Waals surface area contributed by atoms with Crippen LogP contribution in [0.2, 0.25) is 0 Å². The van der Waals surface area contributed by atoms with Gasteiger partial charge >= 0.3 is 0 Å². The third-order valence-electron chi connectivity index (χ3n) is 6.70. The van der Waals surface area contributed by atoms with Crippen molar-refractivity contribution in [1.82, 2.24) is 5.32 Å². The van der Waals surface area contributed by atoms with Crippen LogP contribution < -0.4 is 19.1 Å². The van der Waals surface area contributed by atoms with Crippen LogP contribution in [-0.4, -0.2) is 34.1 Å². The van der Waals surface area contributed by atoms with Gasteiger partial charge in [0.1, 0.15) is 11.5 Å². The van der Waals surface area contributed by atoms with E-state index < -0.39 is 16.1 Å². The predicted octanol–water partition coefficient (Wildman–Crippen LogP) is 5.27. The highest BCUT2D eigenvalue weighted by atomic mass is 32.2. The minimum Gasteiger partial charge on any atom is -0.496 e. The molecule has 0 aliphatic carbocycles. The van der Waals surface area contributed by atoms with Crippen LogP contribution in [-0.2, 0) is 14.8 Å². The number of fused-ring (bicyclic) bond motifs is 1. The molecule has 2 atom stereocenters. The summed E-state index contributed by atoms with van der Waals surface area (Å²) >= 11 is 0. The molecule has 1 aliphatic rings. The zero-order chi connectivity index (χ0) is 26.9. The Morgan fingerprint density at radius 2 is 1.70 bits per heavy atom. The monoisotopic (exact) mass is 522 g/mol. The van der Waals surface area contributed by atoms with Gasteiger partial charge < -0.3 is 14.8 Å². The van der Waals surface area contributed by atoms with E-state index in [-0.39, 0.29) is 29.3 Å². The molecule has 0 unspecified atom stereocenters. The number of carbonyl (C=O) groups is 1.